The molecule has 2 rings (SSSR count). The normalized spacial score (nSPS) is 12.4. The second kappa shape index (κ2) is 7.01. The fourth-order valence-electron chi connectivity index (χ4n) is 2.39. The van der Waals surface area contributed by atoms with Crippen molar-refractivity contribution in [2.45, 2.75) is 26.3 Å². The lowest BCUT2D eigenvalue weighted by atomic mass is 9.96. The molecule has 1 N–H and O–H groups in total. The number of rotatable bonds is 5. The average molecular weight is 310 g/mol. The Morgan fingerprint density at radius 2 is 1.95 bits per heavy atom. The van der Waals surface area contributed by atoms with E-state index in [2.05, 4.69) is 5.32 Å². The zero-order valence-electron chi connectivity index (χ0n) is 12.1. The van der Waals surface area contributed by atoms with E-state index in [1.54, 1.807) is 24.3 Å². The highest BCUT2D eigenvalue weighted by atomic mass is 35.5. The molecular weight excluding hydrogens is 292 g/mol. The first-order valence-corrected chi connectivity index (χ1v) is 7.33. The van der Waals surface area contributed by atoms with Gasteiger partial charge >= 0.3 is 0 Å². The summed E-state index contributed by atoms with van der Waals surface area (Å²) in [5.41, 5.74) is 2.01. The van der Waals surface area contributed by atoms with Crippen molar-refractivity contribution in [3.63, 3.8) is 0 Å². The van der Waals surface area contributed by atoms with Gasteiger partial charge in [0.2, 0.25) is 0 Å². The average Bonchev–Trinajstić information content (AvgIpc) is 2.46. The molecule has 0 aliphatic rings. The molecule has 1 atom stereocenters. The van der Waals surface area contributed by atoms with E-state index in [9.17, 15) is 8.78 Å². The van der Waals surface area contributed by atoms with Gasteiger partial charge in [0.15, 0.2) is 0 Å². The Morgan fingerprint density at radius 1 is 1.19 bits per heavy atom. The molecule has 112 valence electrons. The first-order chi connectivity index (χ1) is 10.0. The quantitative estimate of drug-likeness (QED) is 0.835. The molecule has 0 spiro atoms. The Morgan fingerprint density at radius 3 is 2.67 bits per heavy atom. The van der Waals surface area contributed by atoms with Crippen molar-refractivity contribution in [1.29, 1.82) is 0 Å². The van der Waals surface area contributed by atoms with E-state index in [1.807, 2.05) is 13.8 Å². The predicted molar refractivity (Wildman–Crippen MR) is 82.7 cm³/mol. The number of nitrogens with one attached hydrogen (secondary N) is 1. The van der Waals surface area contributed by atoms with Gasteiger partial charge in [0.25, 0.3) is 0 Å². The van der Waals surface area contributed by atoms with Crippen LogP contribution in [0.15, 0.2) is 36.4 Å². The molecule has 1 nitrogen and oxygen atoms in total. The van der Waals surface area contributed by atoms with Crippen LogP contribution in [0.5, 0.6) is 0 Å². The van der Waals surface area contributed by atoms with E-state index in [0.29, 0.717) is 24.1 Å². The second-order valence-corrected chi connectivity index (χ2v) is 5.46. The van der Waals surface area contributed by atoms with Crippen molar-refractivity contribution >= 4 is 11.6 Å². The Hall–Kier alpha value is -1.45. The summed E-state index contributed by atoms with van der Waals surface area (Å²) in [4.78, 5) is 0. The zero-order chi connectivity index (χ0) is 15.4. The fourth-order valence-corrected chi connectivity index (χ4v) is 2.59. The maximum atomic E-state index is 14.1. The highest BCUT2D eigenvalue weighted by Crippen LogP contribution is 2.26. The van der Waals surface area contributed by atoms with Crippen LogP contribution in [0.2, 0.25) is 5.02 Å². The fraction of sp³-hybridized carbons (Fsp3) is 0.294. The van der Waals surface area contributed by atoms with Gasteiger partial charge in [-0.1, -0.05) is 48.4 Å². The number of hydrogen-bond acceptors (Lipinski definition) is 1. The van der Waals surface area contributed by atoms with Gasteiger partial charge in [0.1, 0.15) is 11.6 Å². The van der Waals surface area contributed by atoms with Gasteiger partial charge in [-0.2, -0.15) is 0 Å². The third-order valence-corrected chi connectivity index (χ3v) is 3.72. The van der Waals surface area contributed by atoms with E-state index < -0.39 is 5.82 Å². The Balaban J connectivity index is 2.35. The van der Waals surface area contributed by atoms with Gasteiger partial charge in [-0.25, -0.2) is 8.78 Å². The molecule has 0 amide bonds. The Bertz CT molecular complexity index is 628. The maximum absolute atomic E-state index is 14.1. The topological polar surface area (TPSA) is 12.0 Å². The van der Waals surface area contributed by atoms with Crippen LogP contribution in [0.4, 0.5) is 8.78 Å². The van der Waals surface area contributed by atoms with Gasteiger partial charge in [0.05, 0.1) is 5.02 Å². The third-order valence-electron chi connectivity index (χ3n) is 3.43. The molecule has 2 aromatic carbocycles. The number of benzene rings is 2. The highest BCUT2D eigenvalue weighted by molar-refractivity contribution is 6.30. The van der Waals surface area contributed by atoms with Crippen LogP contribution in [0.1, 0.15) is 29.7 Å². The number of halogens is 3. The van der Waals surface area contributed by atoms with E-state index >= 15 is 0 Å². The van der Waals surface area contributed by atoms with Crippen molar-refractivity contribution in [3.8, 4) is 0 Å². The minimum absolute atomic E-state index is 0.0902. The van der Waals surface area contributed by atoms with Gasteiger partial charge < -0.3 is 5.32 Å². The summed E-state index contributed by atoms with van der Waals surface area (Å²) in [6, 6.07) is 9.57. The molecule has 0 radical (unpaired) electrons. The summed E-state index contributed by atoms with van der Waals surface area (Å²) < 4.78 is 28.1. The summed E-state index contributed by atoms with van der Waals surface area (Å²) >= 11 is 5.81. The largest absolute Gasteiger partial charge is 0.310 e. The number of aryl methyl sites for hydroxylation is 1. The standard InChI is InChI=1S/C17H18ClF2N/c1-3-21-16(13-9-11(2)7-8-15(13)19)10-12-5-4-6-14(18)17(12)20/h4-9,16,21H,3,10H2,1-2H3. The number of hydrogen-bond donors (Lipinski definition) is 1. The molecule has 21 heavy (non-hydrogen) atoms. The van der Waals surface area contributed by atoms with Crippen LogP contribution < -0.4 is 5.32 Å². The van der Waals surface area contributed by atoms with E-state index in [4.69, 9.17) is 11.6 Å². The lowest BCUT2D eigenvalue weighted by molar-refractivity contribution is 0.498. The van der Waals surface area contributed by atoms with Crippen LogP contribution in [0, 0.1) is 18.6 Å². The van der Waals surface area contributed by atoms with Crippen LogP contribution in [0.3, 0.4) is 0 Å². The molecule has 0 aromatic heterocycles. The third kappa shape index (κ3) is 3.80. The summed E-state index contributed by atoms with van der Waals surface area (Å²) in [6.07, 6.45) is 0.348. The lowest BCUT2D eigenvalue weighted by Gasteiger charge is -2.20. The summed E-state index contributed by atoms with van der Waals surface area (Å²) in [5, 5.41) is 3.30. The molecule has 0 saturated heterocycles. The summed E-state index contributed by atoms with van der Waals surface area (Å²) in [6.45, 7) is 4.52. The molecular formula is C17H18ClF2N. The predicted octanol–water partition coefficient (Wildman–Crippen LogP) is 4.82. The Labute approximate surface area is 128 Å². The molecule has 4 heteroatoms. The number of likely N-dealkylation sites (N-methyl/N-ethyl adjacent to an activating group) is 1. The van der Waals surface area contributed by atoms with E-state index in [-0.39, 0.29) is 16.9 Å². The first kappa shape index (κ1) is 15.9. The minimum atomic E-state index is -0.435. The van der Waals surface area contributed by atoms with Crippen LogP contribution in [0.25, 0.3) is 0 Å². The maximum Gasteiger partial charge on any atom is 0.145 e. The minimum Gasteiger partial charge on any atom is -0.310 e. The van der Waals surface area contributed by atoms with Crippen molar-refractivity contribution in [1.82, 2.24) is 5.32 Å². The SMILES string of the molecule is CCNC(Cc1cccc(Cl)c1F)c1cc(C)ccc1F. The molecule has 0 aliphatic carbocycles. The van der Waals surface area contributed by atoms with Crippen molar-refractivity contribution in [3.05, 3.63) is 69.7 Å². The van der Waals surface area contributed by atoms with Gasteiger partial charge in [-0.05, 0) is 37.6 Å². The van der Waals surface area contributed by atoms with Gasteiger partial charge in [-0.3, -0.25) is 0 Å². The monoisotopic (exact) mass is 309 g/mol. The first-order valence-electron chi connectivity index (χ1n) is 6.95. The van der Waals surface area contributed by atoms with Crippen LogP contribution >= 0.6 is 11.6 Å². The van der Waals surface area contributed by atoms with Crippen LogP contribution in [-0.2, 0) is 6.42 Å². The van der Waals surface area contributed by atoms with Crippen LogP contribution in [-0.4, -0.2) is 6.54 Å². The van der Waals surface area contributed by atoms with Crippen molar-refractivity contribution < 1.29 is 8.78 Å². The van der Waals surface area contributed by atoms with E-state index in [1.165, 1.54) is 12.1 Å². The molecule has 0 saturated carbocycles. The lowest BCUT2D eigenvalue weighted by Crippen LogP contribution is -2.24. The zero-order valence-corrected chi connectivity index (χ0v) is 12.8. The van der Waals surface area contributed by atoms with E-state index in [0.717, 1.165) is 5.56 Å². The second-order valence-electron chi connectivity index (χ2n) is 5.05. The molecule has 1 unspecified atom stereocenters. The van der Waals surface area contributed by atoms with Gasteiger partial charge in [0, 0.05) is 11.6 Å². The van der Waals surface area contributed by atoms with Crippen molar-refractivity contribution in [2.24, 2.45) is 0 Å². The Kier molecular flexibility index (Phi) is 5.32. The molecule has 2 aromatic rings. The molecule has 0 aliphatic heterocycles. The highest BCUT2D eigenvalue weighted by Gasteiger charge is 2.18. The molecule has 0 bridgehead atoms. The molecule has 0 heterocycles. The smallest absolute Gasteiger partial charge is 0.145 e. The summed E-state index contributed by atoms with van der Waals surface area (Å²) in [5.74, 6) is -0.718. The van der Waals surface area contributed by atoms with Crippen molar-refractivity contribution in [2.75, 3.05) is 6.54 Å². The van der Waals surface area contributed by atoms with Gasteiger partial charge in [-0.15, -0.1) is 0 Å². The summed E-state index contributed by atoms with van der Waals surface area (Å²) in [7, 11) is 0. The molecule has 0 fully saturated rings.